The fourth-order valence-corrected chi connectivity index (χ4v) is 8.56. The van der Waals surface area contributed by atoms with Crippen molar-refractivity contribution >= 4 is 69.1 Å². The van der Waals surface area contributed by atoms with Gasteiger partial charge in [-0.2, -0.15) is 4.31 Å². The summed E-state index contributed by atoms with van der Waals surface area (Å²) in [6.07, 6.45) is 4.28. The number of amides is 2. The van der Waals surface area contributed by atoms with E-state index in [1.807, 2.05) is 12.2 Å². The van der Waals surface area contributed by atoms with E-state index >= 15 is 0 Å². The molecular weight excluding hydrogens is 867 g/mol. The van der Waals surface area contributed by atoms with Crippen molar-refractivity contribution in [3.8, 4) is 0 Å². The summed E-state index contributed by atoms with van der Waals surface area (Å²) in [5.41, 5.74) is 4.26. The molecule has 59 heavy (non-hydrogen) atoms. The minimum atomic E-state index is -5.57. The summed E-state index contributed by atoms with van der Waals surface area (Å²) in [5, 5.41) is 26.2. The number of carbonyl (C=O) groups excluding carboxylic acids is 3. The third kappa shape index (κ3) is 16.8. The number of aromatic nitrogens is 4. The second-order valence-corrected chi connectivity index (χ2v) is 18.9. The van der Waals surface area contributed by atoms with Crippen LogP contribution in [-0.2, 0) is 50.7 Å². The second kappa shape index (κ2) is 22.8. The molecule has 28 heteroatoms. The van der Waals surface area contributed by atoms with E-state index in [2.05, 4.69) is 41.3 Å². The van der Waals surface area contributed by atoms with Gasteiger partial charge in [0.15, 0.2) is 17.7 Å². The van der Waals surface area contributed by atoms with E-state index in [1.54, 1.807) is 6.08 Å². The van der Waals surface area contributed by atoms with Gasteiger partial charge >= 0.3 is 23.5 Å². The maximum absolute atomic E-state index is 12.7. The Labute approximate surface area is 342 Å². The molecule has 2 amide bonds. The minimum Gasteiger partial charge on any atom is -0.386 e. The number of phosphoric acid groups is 3. The number of aliphatic hydroxyl groups excluding tert-OH is 2. The molecule has 1 aliphatic rings. The molecule has 3 rings (SSSR count). The van der Waals surface area contributed by atoms with Gasteiger partial charge in [-0.25, -0.2) is 28.6 Å². The number of hydrogen-bond donors (Lipinski definition) is 9. The highest BCUT2D eigenvalue weighted by molar-refractivity contribution is 8.14. The molecule has 0 spiro atoms. The number of aliphatic hydroxyl groups is 2. The standard InChI is InChI=1S/C31H50N7O17P3S/c1-4-5-6-7-8-9-10-11-22(40)59-15-14-33-21(39)12-13-34-29(43)26(42)31(2,3)17-52-58(49,50)55-57(47,48)51-16-20-25(54-56(44,45)46)24(41)30(53-20)38-19-37-23-27(32)35-18-36-28(23)38/h8-11,18-20,24-26,30,41-42H,4-7,12-17H2,1-3H3,(H,33,39)(H,34,43)(H,47,48)(H,49,50)(H2,32,35,36)(H2,44,45,46). The lowest BCUT2D eigenvalue weighted by Crippen LogP contribution is -2.46. The number of imidazole rings is 1. The largest absolute Gasteiger partial charge is 0.481 e. The quantitative estimate of drug-likeness (QED) is 0.0294. The van der Waals surface area contributed by atoms with Crippen LogP contribution in [0.2, 0.25) is 0 Å². The van der Waals surface area contributed by atoms with Crippen LogP contribution in [0.25, 0.3) is 11.2 Å². The number of ether oxygens (including phenoxy) is 1. The van der Waals surface area contributed by atoms with Crippen LogP contribution in [0, 0.1) is 5.41 Å². The van der Waals surface area contributed by atoms with Gasteiger partial charge in [-0.1, -0.05) is 63.6 Å². The second-order valence-electron chi connectivity index (χ2n) is 13.5. The van der Waals surface area contributed by atoms with Gasteiger partial charge in [0.25, 0.3) is 0 Å². The van der Waals surface area contributed by atoms with Crippen molar-refractivity contribution in [1.82, 2.24) is 30.2 Å². The van der Waals surface area contributed by atoms with Crippen LogP contribution in [0.15, 0.2) is 37.0 Å². The Kier molecular flexibility index (Phi) is 19.4. The highest BCUT2D eigenvalue weighted by atomic mass is 32.2. The third-order valence-electron chi connectivity index (χ3n) is 8.20. The van der Waals surface area contributed by atoms with Crippen molar-refractivity contribution in [1.29, 1.82) is 0 Å². The molecule has 1 aliphatic heterocycles. The van der Waals surface area contributed by atoms with E-state index in [9.17, 15) is 57.9 Å². The van der Waals surface area contributed by atoms with Gasteiger partial charge in [0.1, 0.15) is 36.3 Å². The van der Waals surface area contributed by atoms with Gasteiger partial charge in [0.05, 0.1) is 19.5 Å². The summed E-state index contributed by atoms with van der Waals surface area (Å²) < 4.78 is 62.2. The molecule has 0 radical (unpaired) electrons. The zero-order valence-corrected chi connectivity index (χ0v) is 35.7. The van der Waals surface area contributed by atoms with Crippen LogP contribution in [0.5, 0.6) is 0 Å². The molecule has 3 heterocycles. The Morgan fingerprint density at radius 2 is 1.76 bits per heavy atom. The first-order valence-electron chi connectivity index (χ1n) is 17.9. The maximum Gasteiger partial charge on any atom is 0.481 e. The summed E-state index contributed by atoms with van der Waals surface area (Å²) in [5.74, 6) is -1.15. The number of allylic oxidation sites excluding steroid dienone is 3. The summed E-state index contributed by atoms with van der Waals surface area (Å²) in [4.78, 5) is 87.6. The Hall–Kier alpha value is -2.96. The molecule has 24 nitrogen and oxygen atoms in total. The zero-order chi connectivity index (χ0) is 44.0. The summed E-state index contributed by atoms with van der Waals surface area (Å²) in [7, 11) is -16.4. The van der Waals surface area contributed by atoms with Gasteiger partial charge in [-0.05, 0) is 18.9 Å². The van der Waals surface area contributed by atoms with Gasteiger partial charge in [-0.3, -0.25) is 32.5 Å². The van der Waals surface area contributed by atoms with Crippen molar-refractivity contribution in [2.45, 2.75) is 83.5 Å². The molecule has 0 bridgehead atoms. The van der Waals surface area contributed by atoms with Crippen LogP contribution >= 0.6 is 35.2 Å². The lowest BCUT2D eigenvalue weighted by molar-refractivity contribution is -0.137. The van der Waals surface area contributed by atoms with E-state index in [-0.39, 0.29) is 41.6 Å². The highest BCUT2D eigenvalue weighted by Crippen LogP contribution is 2.61. The van der Waals surface area contributed by atoms with E-state index in [0.717, 1.165) is 54.7 Å². The maximum atomic E-state index is 12.7. The number of hydrogen-bond acceptors (Lipinski definition) is 18. The van der Waals surface area contributed by atoms with Crippen molar-refractivity contribution in [3.63, 3.8) is 0 Å². The first kappa shape index (κ1) is 50.4. The smallest absolute Gasteiger partial charge is 0.386 e. The molecule has 7 atom stereocenters. The number of rotatable bonds is 25. The van der Waals surface area contributed by atoms with Crippen molar-refractivity contribution < 1.29 is 80.5 Å². The number of fused-ring (bicyclic) bond motifs is 1. The van der Waals surface area contributed by atoms with E-state index in [1.165, 1.54) is 19.9 Å². The summed E-state index contributed by atoms with van der Waals surface area (Å²) >= 11 is 1.02. The lowest BCUT2D eigenvalue weighted by Gasteiger charge is -2.30. The molecule has 2 aromatic heterocycles. The van der Waals surface area contributed by atoms with Crippen molar-refractivity contribution in [2.75, 3.05) is 37.8 Å². The predicted octanol–water partition coefficient (Wildman–Crippen LogP) is 1.36. The first-order chi connectivity index (χ1) is 27.6. The van der Waals surface area contributed by atoms with Crippen molar-refractivity contribution in [2.24, 2.45) is 5.41 Å². The molecule has 0 aromatic carbocycles. The Bertz CT molecular complexity index is 1950. The number of nitrogens with two attached hydrogens (primary N) is 1. The Morgan fingerprint density at radius 1 is 1.05 bits per heavy atom. The molecule has 332 valence electrons. The molecule has 1 saturated heterocycles. The predicted molar refractivity (Wildman–Crippen MR) is 210 cm³/mol. The van der Waals surface area contributed by atoms with E-state index < -0.39 is 84.6 Å². The van der Waals surface area contributed by atoms with Gasteiger partial charge in [0, 0.05) is 30.7 Å². The minimum absolute atomic E-state index is 0.0300. The normalized spacial score (nSPS) is 21.4. The number of anilines is 1. The molecule has 0 aliphatic carbocycles. The van der Waals surface area contributed by atoms with E-state index in [4.69, 9.17) is 19.5 Å². The number of nitrogens with one attached hydrogen (secondary N) is 2. The zero-order valence-electron chi connectivity index (χ0n) is 32.2. The first-order valence-corrected chi connectivity index (χ1v) is 23.5. The number of carbonyl (C=O) groups is 3. The molecule has 7 unspecified atom stereocenters. The molecular formula is C31H50N7O17P3S. The Morgan fingerprint density at radius 3 is 2.46 bits per heavy atom. The average Bonchev–Trinajstić information content (AvgIpc) is 3.71. The van der Waals surface area contributed by atoms with Gasteiger partial charge in [0.2, 0.25) is 16.9 Å². The Balaban J connectivity index is 1.44. The highest BCUT2D eigenvalue weighted by Gasteiger charge is 2.50. The SMILES string of the molecule is CCCCCC=CC=CC(=O)SCCNC(=O)CCNC(=O)C(O)C(C)(C)COP(=O)(O)OP(=O)(O)OCC1OC(n2cnc3c(N)ncnc32)C(O)C1OP(=O)(O)O. The average molecular weight is 918 g/mol. The summed E-state index contributed by atoms with van der Waals surface area (Å²) in [6.45, 7) is 2.59. The lowest BCUT2D eigenvalue weighted by atomic mass is 9.87. The number of nitrogen functional groups attached to an aromatic ring is 1. The van der Waals surface area contributed by atoms with Crippen LogP contribution in [0.4, 0.5) is 5.82 Å². The van der Waals surface area contributed by atoms with E-state index in [0.29, 0.717) is 5.75 Å². The monoisotopic (exact) mass is 917 g/mol. The van der Waals surface area contributed by atoms with Crippen LogP contribution in [0.1, 0.15) is 59.1 Å². The third-order valence-corrected chi connectivity index (χ3v) is 12.1. The molecule has 2 aromatic rings. The fraction of sp³-hybridized carbons (Fsp3) is 0.613. The molecule has 10 N–H and O–H groups in total. The number of thioether (sulfide) groups is 1. The van der Waals surface area contributed by atoms with Crippen LogP contribution in [0.3, 0.4) is 0 Å². The molecule has 1 fully saturated rings. The van der Waals surface area contributed by atoms with Gasteiger partial charge in [-0.15, -0.1) is 0 Å². The number of phosphoric ester groups is 3. The van der Waals surface area contributed by atoms with Gasteiger partial charge < -0.3 is 50.9 Å². The molecule has 0 saturated carbocycles. The topological polar surface area (TPSA) is 364 Å². The van der Waals surface area contributed by atoms with Crippen LogP contribution in [-0.4, -0.2) is 123 Å². The number of unbranched alkanes of at least 4 members (excludes halogenated alkanes) is 3. The number of nitrogens with zero attached hydrogens (tertiary/aromatic N) is 4. The fourth-order valence-electron chi connectivity index (χ4n) is 5.15. The van der Waals surface area contributed by atoms with Crippen molar-refractivity contribution in [3.05, 3.63) is 37.0 Å². The van der Waals surface area contributed by atoms with Crippen LogP contribution < -0.4 is 16.4 Å². The summed E-state index contributed by atoms with van der Waals surface area (Å²) in [6, 6.07) is 0.